The van der Waals surface area contributed by atoms with Crippen molar-refractivity contribution >= 4 is 34.8 Å². The van der Waals surface area contributed by atoms with Crippen molar-refractivity contribution in [2.24, 2.45) is 13.0 Å². The Morgan fingerprint density at radius 1 is 1.02 bits per heavy atom. The third-order valence-electron chi connectivity index (χ3n) is 8.41. The molecule has 1 aliphatic heterocycles. The van der Waals surface area contributed by atoms with Gasteiger partial charge in [-0.05, 0) is 89.8 Å². The smallest absolute Gasteiger partial charge is 0.410 e. The van der Waals surface area contributed by atoms with Crippen LogP contribution < -0.4 is 16.3 Å². The van der Waals surface area contributed by atoms with Gasteiger partial charge in [-0.1, -0.05) is 12.5 Å². The maximum absolute atomic E-state index is 13.0. The van der Waals surface area contributed by atoms with Gasteiger partial charge in [0.1, 0.15) is 11.6 Å². The molecule has 1 aromatic carbocycles. The van der Waals surface area contributed by atoms with E-state index in [9.17, 15) is 24.0 Å². The quantitative estimate of drug-likeness (QED) is 0.343. The van der Waals surface area contributed by atoms with Gasteiger partial charge >= 0.3 is 11.8 Å². The number of piperidine rings is 1. The molecule has 0 bridgehead atoms. The minimum atomic E-state index is -0.687. The van der Waals surface area contributed by atoms with Gasteiger partial charge in [-0.15, -0.1) is 0 Å². The summed E-state index contributed by atoms with van der Waals surface area (Å²) in [6.45, 7) is 6.21. The largest absolute Gasteiger partial charge is 0.444 e. The van der Waals surface area contributed by atoms with Crippen molar-refractivity contribution < 1.29 is 23.9 Å². The summed E-state index contributed by atoms with van der Waals surface area (Å²) < 4.78 is 8.52. The fourth-order valence-electron chi connectivity index (χ4n) is 5.99. The Bertz CT molecular complexity index is 1380. The van der Waals surface area contributed by atoms with E-state index in [1.165, 1.54) is 4.57 Å². The number of carbonyl (C=O) groups excluding carboxylic acids is 4. The number of fused-ring (bicyclic) bond motifs is 1. The van der Waals surface area contributed by atoms with Crippen molar-refractivity contribution in [1.82, 2.24) is 24.7 Å². The zero-order chi connectivity index (χ0) is 30.6. The molecule has 4 amide bonds. The van der Waals surface area contributed by atoms with Crippen LogP contribution in [0.2, 0.25) is 0 Å². The van der Waals surface area contributed by atoms with Gasteiger partial charge in [0.05, 0.1) is 11.0 Å². The molecule has 2 N–H and O–H groups in total. The molecule has 230 valence electrons. The first-order valence-electron chi connectivity index (χ1n) is 15.1. The average molecular weight is 584 g/mol. The minimum Gasteiger partial charge on any atom is -0.444 e. The predicted molar refractivity (Wildman–Crippen MR) is 159 cm³/mol. The van der Waals surface area contributed by atoms with E-state index < -0.39 is 17.6 Å². The molecule has 42 heavy (non-hydrogen) atoms. The molecule has 1 unspecified atom stereocenters. The summed E-state index contributed by atoms with van der Waals surface area (Å²) in [6.07, 6.45) is 6.96. The Kier molecular flexibility index (Phi) is 9.78. The van der Waals surface area contributed by atoms with Crippen molar-refractivity contribution in [3.8, 4) is 0 Å². The summed E-state index contributed by atoms with van der Waals surface area (Å²) in [4.78, 5) is 63.6. The van der Waals surface area contributed by atoms with Crippen LogP contribution in [0.5, 0.6) is 0 Å². The van der Waals surface area contributed by atoms with Crippen LogP contribution >= 0.6 is 0 Å². The number of ether oxygens (including phenoxy) is 1. The van der Waals surface area contributed by atoms with Crippen LogP contribution in [0.15, 0.2) is 23.0 Å². The van der Waals surface area contributed by atoms with E-state index in [1.807, 2.05) is 39.0 Å². The number of hydrogen-bond acceptors (Lipinski definition) is 6. The van der Waals surface area contributed by atoms with Crippen molar-refractivity contribution in [3.63, 3.8) is 0 Å². The number of carbonyl (C=O) groups is 4. The van der Waals surface area contributed by atoms with Crippen molar-refractivity contribution in [2.75, 3.05) is 13.6 Å². The van der Waals surface area contributed by atoms with Gasteiger partial charge in [0.2, 0.25) is 17.7 Å². The number of aromatic nitrogens is 2. The van der Waals surface area contributed by atoms with E-state index in [0.29, 0.717) is 18.5 Å². The Hall–Kier alpha value is -3.63. The molecule has 2 aliphatic rings. The van der Waals surface area contributed by atoms with E-state index in [2.05, 4.69) is 10.6 Å². The lowest BCUT2D eigenvalue weighted by Gasteiger charge is -2.35. The maximum atomic E-state index is 13.0. The highest BCUT2D eigenvalue weighted by molar-refractivity contribution is 6.00. The summed E-state index contributed by atoms with van der Waals surface area (Å²) in [6, 6.07) is 5.28. The Balaban J connectivity index is 1.18. The number of nitrogens with zero attached hydrogens (tertiary/aromatic N) is 3. The van der Waals surface area contributed by atoms with Crippen LogP contribution in [0.3, 0.4) is 0 Å². The lowest BCUT2D eigenvalue weighted by molar-refractivity contribution is -0.135. The third-order valence-corrected chi connectivity index (χ3v) is 8.41. The van der Waals surface area contributed by atoms with E-state index in [-0.39, 0.29) is 42.0 Å². The van der Waals surface area contributed by atoms with Crippen LogP contribution in [-0.4, -0.2) is 63.1 Å². The van der Waals surface area contributed by atoms with E-state index >= 15 is 0 Å². The minimum absolute atomic E-state index is 0.0147. The van der Waals surface area contributed by atoms with Gasteiger partial charge in [0, 0.05) is 39.0 Å². The lowest BCUT2D eigenvalue weighted by atomic mass is 9.85. The van der Waals surface area contributed by atoms with Crippen molar-refractivity contribution in [3.05, 3.63) is 34.2 Å². The molecule has 1 atom stereocenters. The molecule has 1 saturated carbocycles. The molecule has 1 saturated heterocycles. The molecule has 1 aromatic heterocycles. The lowest BCUT2D eigenvalue weighted by Crippen LogP contribution is -2.44. The van der Waals surface area contributed by atoms with Gasteiger partial charge in [-0.2, -0.15) is 0 Å². The number of nitrogens with one attached hydrogen (secondary N) is 2. The second-order valence-electron chi connectivity index (χ2n) is 12.7. The number of imidazole rings is 1. The standard InChI is InChI=1S/C31H45N5O6/c1-31(2,3)42-30(41)34(4)22-13-11-21(12-14-22)27(38)32-18-8-6-7-9-20-10-15-23-25(19-20)35(5)29(40)36(23)24-16-17-26(37)33-28(24)39/h10,15,19,21-22,24H,6-9,11-14,16-18H2,1-5H3,(H,32,38)(H,33,37,39). The van der Waals surface area contributed by atoms with E-state index in [0.717, 1.165) is 62.4 Å². The molecule has 2 aromatic rings. The highest BCUT2D eigenvalue weighted by Gasteiger charge is 2.32. The molecule has 2 fully saturated rings. The molecule has 0 spiro atoms. The van der Waals surface area contributed by atoms with E-state index in [4.69, 9.17) is 4.74 Å². The molecule has 11 heteroatoms. The number of benzene rings is 1. The van der Waals surface area contributed by atoms with Crippen LogP contribution in [-0.2, 0) is 32.6 Å². The molecular weight excluding hydrogens is 538 g/mol. The summed E-state index contributed by atoms with van der Waals surface area (Å²) in [5.74, 6) is -0.659. The molecule has 2 heterocycles. The van der Waals surface area contributed by atoms with Crippen molar-refractivity contribution in [2.45, 2.75) is 103 Å². The van der Waals surface area contributed by atoms with Gasteiger partial charge in [0.15, 0.2) is 0 Å². The number of imide groups is 1. The Morgan fingerprint density at radius 3 is 2.40 bits per heavy atom. The molecule has 1 aliphatic carbocycles. The Morgan fingerprint density at radius 2 is 1.74 bits per heavy atom. The molecule has 11 nitrogen and oxygen atoms in total. The average Bonchev–Trinajstić information content (AvgIpc) is 3.18. The molecular formula is C31H45N5O6. The van der Waals surface area contributed by atoms with Crippen LogP contribution in [0, 0.1) is 5.92 Å². The second-order valence-corrected chi connectivity index (χ2v) is 12.7. The third kappa shape index (κ3) is 7.41. The predicted octanol–water partition coefficient (Wildman–Crippen LogP) is 3.57. The SMILES string of the molecule is CN(C(=O)OC(C)(C)C)C1CCC(C(=O)NCCCCCc2ccc3c(c2)n(C)c(=O)n3C2CCC(=O)NC2=O)CC1. The number of hydrogen-bond donors (Lipinski definition) is 2. The summed E-state index contributed by atoms with van der Waals surface area (Å²) in [5.41, 5.74) is 1.77. The summed E-state index contributed by atoms with van der Waals surface area (Å²) in [5, 5.41) is 5.42. The van der Waals surface area contributed by atoms with Crippen LogP contribution in [0.25, 0.3) is 11.0 Å². The fourth-order valence-corrected chi connectivity index (χ4v) is 5.99. The number of rotatable bonds is 9. The first-order valence-corrected chi connectivity index (χ1v) is 15.1. The van der Waals surface area contributed by atoms with Gasteiger partial charge in [0.25, 0.3) is 0 Å². The van der Waals surface area contributed by atoms with Crippen LogP contribution in [0.1, 0.15) is 90.2 Å². The maximum Gasteiger partial charge on any atom is 0.410 e. The van der Waals surface area contributed by atoms with Gasteiger partial charge in [-0.3, -0.25) is 28.8 Å². The highest BCUT2D eigenvalue weighted by Crippen LogP contribution is 2.28. The van der Waals surface area contributed by atoms with Crippen molar-refractivity contribution in [1.29, 1.82) is 0 Å². The number of aryl methyl sites for hydroxylation is 2. The highest BCUT2D eigenvalue weighted by atomic mass is 16.6. The van der Waals surface area contributed by atoms with E-state index in [1.54, 1.807) is 23.6 Å². The fraction of sp³-hybridized carbons (Fsp3) is 0.645. The summed E-state index contributed by atoms with van der Waals surface area (Å²) in [7, 11) is 3.47. The number of amides is 4. The molecule has 4 rings (SSSR count). The Labute approximate surface area is 246 Å². The number of unbranched alkanes of at least 4 members (excludes halogenated alkanes) is 2. The topological polar surface area (TPSA) is 132 Å². The monoisotopic (exact) mass is 583 g/mol. The second kappa shape index (κ2) is 13.1. The van der Waals surface area contributed by atoms with Gasteiger partial charge < -0.3 is 15.0 Å². The first-order chi connectivity index (χ1) is 19.9. The normalized spacial score (nSPS) is 21.2. The summed E-state index contributed by atoms with van der Waals surface area (Å²) >= 11 is 0. The van der Waals surface area contributed by atoms with Crippen LogP contribution in [0.4, 0.5) is 4.79 Å². The first kappa shape index (κ1) is 31.3. The zero-order valence-corrected chi connectivity index (χ0v) is 25.5. The zero-order valence-electron chi connectivity index (χ0n) is 25.5. The molecule has 0 radical (unpaired) electrons. The van der Waals surface area contributed by atoms with Gasteiger partial charge in [-0.25, -0.2) is 9.59 Å².